The van der Waals surface area contributed by atoms with E-state index in [1.165, 1.54) is 56.9 Å². The van der Waals surface area contributed by atoms with Gasteiger partial charge >= 0.3 is 6.36 Å². The molecule has 0 aliphatic carbocycles. The summed E-state index contributed by atoms with van der Waals surface area (Å²) in [5.41, 5.74) is 0.477. The highest BCUT2D eigenvalue weighted by molar-refractivity contribution is 6.51. The van der Waals surface area contributed by atoms with Crippen molar-refractivity contribution in [3.05, 3.63) is 83.7 Å². The van der Waals surface area contributed by atoms with Gasteiger partial charge < -0.3 is 19.3 Å². The molecular formula is C25H19F3N2O6. The van der Waals surface area contributed by atoms with Crippen LogP contribution in [-0.2, 0) is 9.59 Å². The van der Waals surface area contributed by atoms with Crippen molar-refractivity contribution in [2.75, 3.05) is 19.1 Å². The summed E-state index contributed by atoms with van der Waals surface area (Å²) in [6.07, 6.45) is -1.97. The molecule has 1 aliphatic heterocycles. The minimum Gasteiger partial charge on any atom is -0.507 e. The van der Waals surface area contributed by atoms with Crippen molar-refractivity contribution in [3.8, 4) is 17.2 Å². The third kappa shape index (κ3) is 4.67. The van der Waals surface area contributed by atoms with Gasteiger partial charge in [-0.2, -0.15) is 0 Å². The number of anilines is 1. The standard InChI is InChI=1S/C25H19F3N2O6/c1-34-18-10-5-14(12-19(18)35-2)22(31)20-21(15-4-3-11-29-13-15)30(24(33)23(20)32)16-6-8-17(9-7-16)36-25(26,27)28/h3-13,21,31H,1-2H3/b22-20-. The number of halogens is 3. The van der Waals surface area contributed by atoms with Crippen LogP contribution in [0.3, 0.4) is 0 Å². The average molecular weight is 500 g/mol. The molecule has 1 aliphatic rings. The van der Waals surface area contributed by atoms with E-state index >= 15 is 0 Å². The number of hydrogen-bond acceptors (Lipinski definition) is 7. The zero-order valence-corrected chi connectivity index (χ0v) is 18.9. The summed E-state index contributed by atoms with van der Waals surface area (Å²) in [5, 5.41) is 11.2. The van der Waals surface area contributed by atoms with Crippen molar-refractivity contribution in [3.63, 3.8) is 0 Å². The highest BCUT2D eigenvalue weighted by atomic mass is 19.4. The van der Waals surface area contributed by atoms with E-state index in [4.69, 9.17) is 9.47 Å². The fourth-order valence-corrected chi connectivity index (χ4v) is 3.90. The first-order valence-corrected chi connectivity index (χ1v) is 10.4. The number of Topliss-reactive ketones (excluding diaryl/α,β-unsaturated/α-hetero) is 1. The minimum atomic E-state index is -4.89. The number of alkyl halides is 3. The number of pyridine rings is 1. The second-order valence-corrected chi connectivity index (χ2v) is 7.57. The molecule has 4 rings (SSSR count). The molecule has 8 nitrogen and oxygen atoms in total. The van der Waals surface area contributed by atoms with Gasteiger partial charge in [0.2, 0.25) is 0 Å². The molecule has 1 amide bonds. The molecule has 1 fully saturated rings. The topological polar surface area (TPSA) is 98.2 Å². The Labute approximate surface area is 203 Å². The molecule has 0 radical (unpaired) electrons. The number of benzene rings is 2. The number of nitrogens with zero attached hydrogens (tertiary/aromatic N) is 2. The second-order valence-electron chi connectivity index (χ2n) is 7.57. The van der Waals surface area contributed by atoms with E-state index in [-0.39, 0.29) is 22.6 Å². The Balaban J connectivity index is 1.85. The van der Waals surface area contributed by atoms with Crippen molar-refractivity contribution >= 4 is 23.1 Å². The monoisotopic (exact) mass is 500 g/mol. The van der Waals surface area contributed by atoms with E-state index in [0.29, 0.717) is 11.3 Å². The average Bonchev–Trinajstić information content (AvgIpc) is 3.13. The first-order valence-electron chi connectivity index (χ1n) is 10.4. The van der Waals surface area contributed by atoms with Crippen LogP contribution < -0.4 is 19.1 Å². The lowest BCUT2D eigenvalue weighted by Crippen LogP contribution is -2.29. The van der Waals surface area contributed by atoms with Crippen LogP contribution in [0, 0.1) is 0 Å². The molecular weight excluding hydrogens is 481 g/mol. The van der Waals surface area contributed by atoms with Crippen molar-refractivity contribution in [2.45, 2.75) is 12.4 Å². The number of carbonyl (C=O) groups excluding carboxylic acids is 2. The largest absolute Gasteiger partial charge is 0.573 e. The number of hydrogen-bond donors (Lipinski definition) is 1. The molecule has 186 valence electrons. The molecule has 0 bridgehead atoms. The molecule has 11 heteroatoms. The van der Waals surface area contributed by atoms with Gasteiger partial charge in [-0.05, 0) is 54.1 Å². The molecule has 1 unspecified atom stereocenters. The quantitative estimate of drug-likeness (QED) is 0.300. The number of aromatic nitrogens is 1. The maximum atomic E-state index is 13.2. The van der Waals surface area contributed by atoms with E-state index in [0.717, 1.165) is 17.0 Å². The van der Waals surface area contributed by atoms with E-state index in [2.05, 4.69) is 9.72 Å². The second kappa shape index (κ2) is 9.61. The van der Waals surface area contributed by atoms with Crippen molar-refractivity contribution in [1.29, 1.82) is 0 Å². The number of rotatable bonds is 6. The van der Waals surface area contributed by atoms with E-state index in [1.807, 2.05) is 0 Å². The number of ether oxygens (including phenoxy) is 3. The van der Waals surface area contributed by atoms with E-state index in [9.17, 15) is 27.9 Å². The Morgan fingerprint density at radius 2 is 1.69 bits per heavy atom. The van der Waals surface area contributed by atoms with Crippen LogP contribution in [0.4, 0.5) is 18.9 Å². The van der Waals surface area contributed by atoms with Gasteiger partial charge in [-0.15, -0.1) is 13.2 Å². The lowest BCUT2D eigenvalue weighted by Gasteiger charge is -2.25. The van der Waals surface area contributed by atoms with Gasteiger partial charge in [-0.3, -0.25) is 19.5 Å². The van der Waals surface area contributed by atoms with Crippen LogP contribution in [0.1, 0.15) is 17.2 Å². The number of ketones is 1. The first kappa shape index (κ1) is 24.6. The third-order valence-electron chi connectivity index (χ3n) is 5.45. The predicted octanol–water partition coefficient (Wildman–Crippen LogP) is 4.62. The van der Waals surface area contributed by atoms with Crippen LogP contribution in [0.25, 0.3) is 5.76 Å². The van der Waals surface area contributed by atoms with Gasteiger partial charge in [0.1, 0.15) is 11.5 Å². The Morgan fingerprint density at radius 3 is 2.28 bits per heavy atom. The van der Waals surface area contributed by atoms with Crippen LogP contribution in [0.15, 0.2) is 72.6 Å². The maximum absolute atomic E-state index is 13.2. The summed E-state index contributed by atoms with van der Waals surface area (Å²) < 4.78 is 52.0. The van der Waals surface area contributed by atoms with Gasteiger partial charge in [-0.25, -0.2) is 0 Å². The van der Waals surface area contributed by atoms with Gasteiger partial charge in [0, 0.05) is 23.6 Å². The summed E-state index contributed by atoms with van der Waals surface area (Å²) >= 11 is 0. The fraction of sp³-hybridized carbons (Fsp3) is 0.160. The first-order chi connectivity index (χ1) is 17.1. The summed E-state index contributed by atoms with van der Waals surface area (Å²) in [4.78, 5) is 31.4. The van der Waals surface area contributed by atoms with Crippen molar-refractivity contribution in [1.82, 2.24) is 4.98 Å². The van der Waals surface area contributed by atoms with Gasteiger partial charge in [0.25, 0.3) is 11.7 Å². The summed E-state index contributed by atoms with van der Waals surface area (Å²) in [7, 11) is 2.85. The molecule has 1 saturated heterocycles. The van der Waals surface area contributed by atoms with Crippen LogP contribution in [0.2, 0.25) is 0 Å². The highest BCUT2D eigenvalue weighted by Crippen LogP contribution is 2.43. The SMILES string of the molecule is COc1ccc(/C(O)=C2/C(=O)C(=O)N(c3ccc(OC(F)(F)F)cc3)C2c2cccnc2)cc1OC. The van der Waals surface area contributed by atoms with E-state index < -0.39 is 35.6 Å². The number of methoxy groups -OCH3 is 2. The highest BCUT2D eigenvalue weighted by Gasteiger charge is 2.47. The summed E-state index contributed by atoms with van der Waals surface area (Å²) in [5.74, 6) is -2.25. The predicted molar refractivity (Wildman–Crippen MR) is 122 cm³/mol. The minimum absolute atomic E-state index is 0.117. The molecule has 1 N–H and O–H groups in total. The normalized spacial score (nSPS) is 17.2. The fourth-order valence-electron chi connectivity index (χ4n) is 3.90. The molecule has 1 atom stereocenters. The Kier molecular flexibility index (Phi) is 6.56. The molecule has 1 aromatic heterocycles. The molecule has 0 saturated carbocycles. The van der Waals surface area contributed by atoms with Crippen molar-refractivity contribution < 1.29 is 42.1 Å². The third-order valence-corrected chi connectivity index (χ3v) is 5.45. The van der Waals surface area contributed by atoms with Crippen molar-refractivity contribution in [2.24, 2.45) is 0 Å². The lowest BCUT2D eigenvalue weighted by molar-refractivity contribution is -0.274. The Hall–Kier alpha value is -4.54. The van der Waals surface area contributed by atoms with Crippen LogP contribution in [0.5, 0.6) is 17.2 Å². The zero-order valence-electron chi connectivity index (χ0n) is 18.9. The van der Waals surface area contributed by atoms with Gasteiger partial charge in [0.15, 0.2) is 11.5 Å². The Bertz CT molecular complexity index is 1320. The van der Waals surface area contributed by atoms with Gasteiger partial charge in [0.05, 0.1) is 25.8 Å². The maximum Gasteiger partial charge on any atom is 0.573 e. The summed E-state index contributed by atoms with van der Waals surface area (Å²) in [6.45, 7) is 0. The number of aliphatic hydroxyl groups excluding tert-OH is 1. The number of amides is 1. The molecule has 3 aromatic rings. The van der Waals surface area contributed by atoms with Crippen LogP contribution >= 0.6 is 0 Å². The van der Waals surface area contributed by atoms with Crippen LogP contribution in [-0.4, -0.2) is 42.4 Å². The molecule has 2 aromatic carbocycles. The molecule has 36 heavy (non-hydrogen) atoms. The number of aliphatic hydroxyl groups is 1. The smallest absolute Gasteiger partial charge is 0.507 e. The zero-order chi connectivity index (χ0) is 26.0. The lowest BCUT2D eigenvalue weighted by atomic mass is 9.96. The Morgan fingerprint density at radius 1 is 1.00 bits per heavy atom. The van der Waals surface area contributed by atoms with Gasteiger partial charge in [-0.1, -0.05) is 6.07 Å². The van der Waals surface area contributed by atoms with E-state index in [1.54, 1.807) is 12.1 Å². The molecule has 0 spiro atoms. The number of carbonyl (C=O) groups is 2. The molecule has 2 heterocycles. The summed E-state index contributed by atoms with van der Waals surface area (Å²) in [6, 6.07) is 11.0.